The van der Waals surface area contributed by atoms with Crippen LogP contribution in [0.2, 0.25) is 0 Å². The normalized spacial score (nSPS) is 12.2. The van der Waals surface area contributed by atoms with Crippen LogP contribution in [0.5, 0.6) is 0 Å². The molecule has 0 radical (unpaired) electrons. The zero-order valence-corrected chi connectivity index (χ0v) is 10.3. The van der Waals surface area contributed by atoms with Crippen LogP contribution in [0.3, 0.4) is 0 Å². The summed E-state index contributed by atoms with van der Waals surface area (Å²) in [5, 5.41) is 5.69. The molecular weight excluding hydrogens is 258 g/mol. The lowest BCUT2D eigenvalue weighted by molar-refractivity contribution is -0.122. The second kappa shape index (κ2) is 5.82. The summed E-state index contributed by atoms with van der Waals surface area (Å²) in [5.41, 5.74) is 1.04. The fourth-order valence-electron chi connectivity index (χ4n) is 1.13. The van der Waals surface area contributed by atoms with E-state index in [1.54, 1.807) is 19.4 Å². The van der Waals surface area contributed by atoms with Gasteiger partial charge in [0, 0.05) is 30.5 Å². The minimum atomic E-state index is -0.200. The van der Waals surface area contributed by atoms with Gasteiger partial charge in [-0.3, -0.25) is 9.78 Å². The summed E-state index contributed by atoms with van der Waals surface area (Å²) in [7, 11) is 1.63. The predicted molar refractivity (Wildman–Crippen MR) is 62.3 cm³/mol. The fraction of sp³-hybridized carbons (Fsp3) is 0.400. The Hall–Kier alpha value is -0.940. The summed E-state index contributed by atoms with van der Waals surface area (Å²) in [6.45, 7) is 2.45. The van der Waals surface area contributed by atoms with Gasteiger partial charge in [0.05, 0.1) is 6.04 Å². The number of nitrogens with one attached hydrogen (secondary N) is 2. The third kappa shape index (κ3) is 3.97. The molecule has 15 heavy (non-hydrogen) atoms. The van der Waals surface area contributed by atoms with Crippen molar-refractivity contribution in [2.24, 2.45) is 0 Å². The maximum Gasteiger partial charge on any atom is 0.236 e. The minimum Gasteiger partial charge on any atom is -0.358 e. The van der Waals surface area contributed by atoms with E-state index in [1.165, 1.54) is 0 Å². The Kier molecular flexibility index (Phi) is 4.71. The zero-order chi connectivity index (χ0) is 11.3. The first-order valence-electron chi connectivity index (χ1n) is 4.68. The second-order valence-electron chi connectivity index (χ2n) is 3.23. The molecule has 0 aliphatic rings. The van der Waals surface area contributed by atoms with Crippen molar-refractivity contribution in [1.29, 1.82) is 0 Å². The van der Waals surface area contributed by atoms with Gasteiger partial charge >= 0.3 is 0 Å². The summed E-state index contributed by atoms with van der Waals surface area (Å²) in [4.78, 5) is 15.2. The molecule has 0 fully saturated rings. The van der Waals surface area contributed by atoms with Gasteiger partial charge in [-0.2, -0.15) is 0 Å². The molecule has 2 N–H and O–H groups in total. The summed E-state index contributed by atoms with van der Waals surface area (Å²) < 4.78 is 0.939. The first kappa shape index (κ1) is 12.1. The maximum atomic E-state index is 11.2. The second-order valence-corrected chi connectivity index (χ2v) is 4.14. The molecule has 0 aliphatic carbocycles. The monoisotopic (exact) mass is 271 g/mol. The van der Waals surface area contributed by atoms with Crippen molar-refractivity contribution in [1.82, 2.24) is 15.6 Å². The van der Waals surface area contributed by atoms with E-state index in [9.17, 15) is 4.79 Å². The molecule has 82 valence electrons. The van der Waals surface area contributed by atoms with Crippen LogP contribution in [0.1, 0.15) is 12.5 Å². The third-order valence-corrected chi connectivity index (χ3v) is 2.45. The lowest BCUT2D eigenvalue weighted by Crippen LogP contribution is -2.40. The van der Waals surface area contributed by atoms with Gasteiger partial charge in [-0.25, -0.2) is 0 Å². The number of amides is 1. The highest BCUT2D eigenvalue weighted by Gasteiger charge is 2.09. The fourth-order valence-corrected chi connectivity index (χ4v) is 1.54. The van der Waals surface area contributed by atoms with Gasteiger partial charge in [-0.05, 0) is 34.5 Å². The molecule has 0 saturated carbocycles. The quantitative estimate of drug-likeness (QED) is 0.862. The van der Waals surface area contributed by atoms with Gasteiger partial charge in [-0.1, -0.05) is 0 Å². The van der Waals surface area contributed by atoms with Gasteiger partial charge < -0.3 is 10.6 Å². The van der Waals surface area contributed by atoms with Crippen molar-refractivity contribution < 1.29 is 4.79 Å². The van der Waals surface area contributed by atoms with Crippen LogP contribution < -0.4 is 10.6 Å². The Morgan fingerprint density at radius 3 is 2.93 bits per heavy atom. The van der Waals surface area contributed by atoms with Gasteiger partial charge in [-0.15, -0.1) is 0 Å². The third-order valence-electron chi connectivity index (χ3n) is 2.01. The van der Waals surface area contributed by atoms with E-state index < -0.39 is 0 Å². The van der Waals surface area contributed by atoms with E-state index >= 15 is 0 Å². The lowest BCUT2D eigenvalue weighted by atomic mass is 10.2. The van der Waals surface area contributed by atoms with Crippen LogP contribution >= 0.6 is 15.9 Å². The molecule has 1 amide bonds. The van der Waals surface area contributed by atoms with Gasteiger partial charge in [0.25, 0.3) is 0 Å². The molecule has 0 saturated heterocycles. The van der Waals surface area contributed by atoms with E-state index in [1.807, 2.05) is 13.0 Å². The molecule has 1 unspecified atom stereocenters. The Labute approximate surface area is 97.6 Å². The number of nitrogens with zero attached hydrogens (tertiary/aromatic N) is 1. The topological polar surface area (TPSA) is 54.0 Å². The van der Waals surface area contributed by atoms with Gasteiger partial charge in [0.2, 0.25) is 5.91 Å². The molecule has 0 aliphatic heterocycles. The van der Waals surface area contributed by atoms with Crippen LogP contribution in [0, 0.1) is 0 Å². The molecule has 1 rings (SSSR count). The molecule has 4 nitrogen and oxygen atoms in total. The standard InChI is InChI=1S/C10H14BrN3O/c1-7(10(15)12-2)14-5-8-3-9(11)6-13-4-8/h3-4,6-7,14H,5H2,1-2H3,(H,12,15). The van der Waals surface area contributed by atoms with Crippen molar-refractivity contribution >= 4 is 21.8 Å². The van der Waals surface area contributed by atoms with Gasteiger partial charge in [0.15, 0.2) is 0 Å². The molecule has 0 spiro atoms. The SMILES string of the molecule is CNC(=O)C(C)NCc1cncc(Br)c1. The van der Waals surface area contributed by atoms with E-state index in [2.05, 4.69) is 31.5 Å². The number of aromatic nitrogens is 1. The van der Waals surface area contributed by atoms with E-state index in [0.29, 0.717) is 6.54 Å². The molecule has 1 aromatic rings. The number of carbonyl (C=O) groups is 1. The number of likely N-dealkylation sites (N-methyl/N-ethyl adjacent to an activating group) is 1. The summed E-state index contributed by atoms with van der Waals surface area (Å²) in [5.74, 6) is -0.0158. The van der Waals surface area contributed by atoms with Crippen molar-refractivity contribution in [3.63, 3.8) is 0 Å². The van der Waals surface area contributed by atoms with Crippen molar-refractivity contribution in [2.45, 2.75) is 19.5 Å². The van der Waals surface area contributed by atoms with E-state index in [-0.39, 0.29) is 11.9 Å². The Morgan fingerprint density at radius 1 is 1.60 bits per heavy atom. The Morgan fingerprint density at radius 2 is 2.33 bits per heavy atom. The largest absolute Gasteiger partial charge is 0.358 e. The molecule has 1 atom stereocenters. The number of rotatable bonds is 4. The highest BCUT2D eigenvalue weighted by atomic mass is 79.9. The molecule has 0 bridgehead atoms. The highest BCUT2D eigenvalue weighted by molar-refractivity contribution is 9.10. The van der Waals surface area contributed by atoms with Gasteiger partial charge in [0.1, 0.15) is 0 Å². The number of pyridine rings is 1. The van der Waals surface area contributed by atoms with Crippen LogP contribution in [-0.4, -0.2) is 24.0 Å². The van der Waals surface area contributed by atoms with Crippen molar-refractivity contribution in [3.8, 4) is 0 Å². The summed E-state index contributed by atoms with van der Waals surface area (Å²) in [6, 6.07) is 1.77. The highest BCUT2D eigenvalue weighted by Crippen LogP contribution is 2.09. The summed E-state index contributed by atoms with van der Waals surface area (Å²) in [6.07, 6.45) is 3.50. The molecule has 1 heterocycles. The van der Waals surface area contributed by atoms with Crippen LogP contribution in [0.15, 0.2) is 22.9 Å². The van der Waals surface area contributed by atoms with Crippen LogP contribution in [-0.2, 0) is 11.3 Å². The summed E-state index contributed by atoms with van der Waals surface area (Å²) >= 11 is 3.34. The Bertz CT molecular complexity index is 343. The van der Waals surface area contributed by atoms with Crippen LogP contribution in [0.25, 0.3) is 0 Å². The molecule has 0 aromatic carbocycles. The van der Waals surface area contributed by atoms with Crippen molar-refractivity contribution in [3.05, 3.63) is 28.5 Å². The maximum absolute atomic E-state index is 11.2. The predicted octanol–water partition coefficient (Wildman–Crippen LogP) is 1.07. The number of hydrogen-bond donors (Lipinski definition) is 2. The van der Waals surface area contributed by atoms with E-state index in [0.717, 1.165) is 10.0 Å². The average molecular weight is 272 g/mol. The molecule has 5 heteroatoms. The lowest BCUT2D eigenvalue weighted by Gasteiger charge is -2.11. The van der Waals surface area contributed by atoms with Crippen molar-refractivity contribution in [2.75, 3.05) is 7.05 Å². The zero-order valence-electron chi connectivity index (χ0n) is 8.75. The number of halogens is 1. The first-order valence-corrected chi connectivity index (χ1v) is 5.47. The van der Waals surface area contributed by atoms with E-state index in [4.69, 9.17) is 0 Å². The van der Waals surface area contributed by atoms with Crippen LogP contribution in [0.4, 0.5) is 0 Å². The number of carbonyl (C=O) groups excluding carboxylic acids is 1. The first-order chi connectivity index (χ1) is 7.13. The number of hydrogen-bond acceptors (Lipinski definition) is 3. The average Bonchev–Trinajstić information content (AvgIpc) is 2.25. The smallest absolute Gasteiger partial charge is 0.236 e. The minimum absolute atomic E-state index is 0.0158. The Balaban J connectivity index is 2.47. The molecular formula is C10H14BrN3O. The molecule has 1 aromatic heterocycles.